The molecule has 0 aromatic heterocycles. The van der Waals surface area contributed by atoms with Crippen LogP contribution in [0.1, 0.15) is 102 Å². The zero-order valence-electron chi connectivity index (χ0n) is 16.6. The zero-order chi connectivity index (χ0) is 18.6. The summed E-state index contributed by atoms with van der Waals surface area (Å²) in [6.45, 7) is 2.28. The first-order valence-electron chi connectivity index (χ1n) is 10.9. The molecule has 1 aromatic rings. The van der Waals surface area contributed by atoms with Gasteiger partial charge in [-0.3, -0.25) is 0 Å². The van der Waals surface area contributed by atoms with Gasteiger partial charge in [0.25, 0.3) is 0 Å². The van der Waals surface area contributed by atoms with Gasteiger partial charge in [0.05, 0.1) is 5.56 Å². The Morgan fingerprint density at radius 1 is 0.923 bits per heavy atom. The molecule has 1 aromatic carbocycles. The van der Waals surface area contributed by atoms with Crippen molar-refractivity contribution in [2.75, 3.05) is 0 Å². The van der Waals surface area contributed by atoms with Gasteiger partial charge in [0.2, 0.25) is 0 Å². The first-order valence-corrected chi connectivity index (χ1v) is 10.9. The maximum Gasteiger partial charge on any atom is 0.141 e. The Hall–Kier alpha value is -1.36. The summed E-state index contributed by atoms with van der Waals surface area (Å²) in [6.07, 6.45) is 18.9. The summed E-state index contributed by atoms with van der Waals surface area (Å²) < 4.78 is 13.7. The van der Waals surface area contributed by atoms with Crippen LogP contribution in [0.2, 0.25) is 0 Å². The predicted molar refractivity (Wildman–Crippen MR) is 107 cm³/mol. The van der Waals surface area contributed by atoms with Crippen molar-refractivity contribution >= 4 is 0 Å². The van der Waals surface area contributed by atoms with Crippen LogP contribution in [0, 0.1) is 29.0 Å². The standard InChI is InChI=1S/C24H36FN/c1-2-3-4-5-6-7-8-9-20-10-12-21(13-11-20)14-15-22-16-17-23(19-26)24(25)18-22/h16-18,20-21H,2-15H2,1H3. The minimum atomic E-state index is -0.372. The molecule has 0 spiro atoms. The molecule has 0 heterocycles. The monoisotopic (exact) mass is 357 g/mol. The second-order valence-electron chi connectivity index (χ2n) is 8.26. The molecule has 1 saturated carbocycles. The van der Waals surface area contributed by atoms with Crippen LogP contribution in [0.15, 0.2) is 18.2 Å². The lowest BCUT2D eigenvalue weighted by Crippen LogP contribution is -2.15. The summed E-state index contributed by atoms with van der Waals surface area (Å²) in [5.41, 5.74) is 1.19. The predicted octanol–water partition coefficient (Wildman–Crippen LogP) is 7.58. The van der Waals surface area contributed by atoms with Gasteiger partial charge in [-0.25, -0.2) is 4.39 Å². The molecule has 0 N–H and O–H groups in total. The van der Waals surface area contributed by atoms with Crippen molar-refractivity contribution in [1.29, 1.82) is 5.26 Å². The molecule has 1 aliphatic carbocycles. The van der Waals surface area contributed by atoms with E-state index in [2.05, 4.69) is 6.92 Å². The molecule has 2 heteroatoms. The first-order chi connectivity index (χ1) is 12.7. The average molecular weight is 358 g/mol. The van der Waals surface area contributed by atoms with Gasteiger partial charge in [-0.15, -0.1) is 0 Å². The van der Waals surface area contributed by atoms with E-state index in [1.54, 1.807) is 12.1 Å². The Labute approximate surface area is 160 Å². The van der Waals surface area contributed by atoms with Crippen LogP contribution >= 0.6 is 0 Å². The molecule has 0 unspecified atom stereocenters. The molecule has 1 fully saturated rings. The molecule has 144 valence electrons. The van der Waals surface area contributed by atoms with Crippen LogP contribution in [0.25, 0.3) is 0 Å². The quantitative estimate of drug-likeness (QED) is 0.374. The largest absolute Gasteiger partial charge is 0.206 e. The molecule has 26 heavy (non-hydrogen) atoms. The molecule has 0 radical (unpaired) electrons. The van der Waals surface area contributed by atoms with Gasteiger partial charge in [0.15, 0.2) is 0 Å². The Kier molecular flexibility index (Phi) is 9.75. The lowest BCUT2D eigenvalue weighted by Gasteiger charge is -2.28. The lowest BCUT2D eigenvalue weighted by atomic mass is 9.77. The topological polar surface area (TPSA) is 23.8 Å². The van der Waals surface area contributed by atoms with E-state index in [0.717, 1.165) is 30.2 Å². The summed E-state index contributed by atoms with van der Waals surface area (Å²) in [5, 5.41) is 8.80. The van der Waals surface area contributed by atoms with Crippen molar-refractivity contribution in [1.82, 2.24) is 0 Å². The molecule has 0 aliphatic heterocycles. The van der Waals surface area contributed by atoms with Crippen molar-refractivity contribution in [2.45, 2.75) is 96.8 Å². The molecule has 0 amide bonds. The Morgan fingerprint density at radius 2 is 1.54 bits per heavy atom. The highest BCUT2D eigenvalue weighted by atomic mass is 19.1. The molecule has 0 bridgehead atoms. The number of unbranched alkanes of at least 4 members (excludes halogenated alkanes) is 6. The highest BCUT2D eigenvalue weighted by Gasteiger charge is 2.20. The minimum Gasteiger partial charge on any atom is -0.206 e. The maximum atomic E-state index is 13.7. The van der Waals surface area contributed by atoms with Gasteiger partial charge >= 0.3 is 0 Å². The van der Waals surface area contributed by atoms with E-state index in [1.165, 1.54) is 77.0 Å². The number of rotatable bonds is 11. The average Bonchev–Trinajstić information content (AvgIpc) is 2.66. The summed E-state index contributed by atoms with van der Waals surface area (Å²) >= 11 is 0. The smallest absolute Gasteiger partial charge is 0.141 e. The van der Waals surface area contributed by atoms with Gasteiger partial charge in [0, 0.05) is 0 Å². The number of nitrogens with zero attached hydrogens (tertiary/aromatic N) is 1. The molecule has 2 rings (SSSR count). The zero-order valence-corrected chi connectivity index (χ0v) is 16.6. The van der Waals surface area contributed by atoms with E-state index >= 15 is 0 Å². The summed E-state index contributed by atoms with van der Waals surface area (Å²) in [4.78, 5) is 0. The molecule has 1 aliphatic rings. The van der Waals surface area contributed by atoms with E-state index in [1.807, 2.05) is 12.1 Å². The summed E-state index contributed by atoms with van der Waals surface area (Å²) in [6, 6.07) is 6.96. The van der Waals surface area contributed by atoms with Crippen LogP contribution in [-0.4, -0.2) is 0 Å². The highest BCUT2D eigenvalue weighted by Crippen LogP contribution is 2.34. The van der Waals surface area contributed by atoms with Gasteiger partial charge in [0.1, 0.15) is 11.9 Å². The third kappa shape index (κ3) is 7.48. The van der Waals surface area contributed by atoms with Crippen LogP contribution in [0.3, 0.4) is 0 Å². The van der Waals surface area contributed by atoms with Crippen LogP contribution in [-0.2, 0) is 6.42 Å². The first kappa shape index (κ1) is 20.9. The molecular weight excluding hydrogens is 321 g/mol. The van der Waals surface area contributed by atoms with Crippen LogP contribution in [0.4, 0.5) is 4.39 Å². The van der Waals surface area contributed by atoms with E-state index < -0.39 is 0 Å². The Bertz CT molecular complexity index is 552. The lowest BCUT2D eigenvalue weighted by molar-refractivity contribution is 0.248. The number of hydrogen-bond donors (Lipinski definition) is 0. The number of aryl methyl sites for hydroxylation is 1. The van der Waals surface area contributed by atoms with Crippen LogP contribution < -0.4 is 0 Å². The van der Waals surface area contributed by atoms with Gasteiger partial charge in [-0.1, -0.05) is 90.0 Å². The van der Waals surface area contributed by atoms with Crippen molar-refractivity contribution in [3.63, 3.8) is 0 Å². The van der Waals surface area contributed by atoms with E-state index in [9.17, 15) is 4.39 Å². The normalized spacial score (nSPS) is 20.0. The summed E-state index contributed by atoms with van der Waals surface area (Å²) in [5.74, 6) is 1.39. The number of hydrogen-bond acceptors (Lipinski definition) is 1. The molecule has 0 saturated heterocycles. The van der Waals surface area contributed by atoms with E-state index in [-0.39, 0.29) is 11.4 Å². The molecular formula is C24H36FN. The van der Waals surface area contributed by atoms with Crippen molar-refractivity contribution < 1.29 is 4.39 Å². The van der Waals surface area contributed by atoms with Crippen molar-refractivity contribution in [3.05, 3.63) is 35.1 Å². The van der Waals surface area contributed by atoms with Crippen molar-refractivity contribution in [2.24, 2.45) is 11.8 Å². The Balaban J connectivity index is 1.56. The summed E-state index contributed by atoms with van der Waals surface area (Å²) in [7, 11) is 0. The second-order valence-corrected chi connectivity index (χ2v) is 8.26. The number of benzene rings is 1. The third-order valence-corrected chi connectivity index (χ3v) is 6.18. The third-order valence-electron chi connectivity index (χ3n) is 6.18. The fourth-order valence-electron chi connectivity index (χ4n) is 4.37. The number of nitriles is 1. The SMILES string of the molecule is CCCCCCCCCC1CCC(CCc2ccc(C#N)c(F)c2)CC1. The maximum absolute atomic E-state index is 13.7. The number of halogens is 1. The fourth-order valence-corrected chi connectivity index (χ4v) is 4.37. The van der Waals surface area contributed by atoms with Gasteiger partial charge < -0.3 is 0 Å². The fraction of sp³-hybridized carbons (Fsp3) is 0.708. The van der Waals surface area contributed by atoms with Crippen molar-refractivity contribution in [3.8, 4) is 6.07 Å². The second kappa shape index (κ2) is 12.1. The van der Waals surface area contributed by atoms with Gasteiger partial charge in [-0.2, -0.15) is 5.26 Å². The molecule has 1 nitrogen and oxygen atoms in total. The van der Waals surface area contributed by atoms with Crippen LogP contribution in [0.5, 0.6) is 0 Å². The minimum absolute atomic E-state index is 0.152. The van der Waals surface area contributed by atoms with Gasteiger partial charge in [-0.05, 0) is 42.4 Å². The Morgan fingerprint density at radius 3 is 2.15 bits per heavy atom. The highest BCUT2D eigenvalue weighted by molar-refractivity contribution is 5.33. The van der Waals surface area contributed by atoms with E-state index in [0.29, 0.717) is 0 Å². The molecule has 0 atom stereocenters. The van der Waals surface area contributed by atoms with E-state index in [4.69, 9.17) is 5.26 Å².